The van der Waals surface area contributed by atoms with Crippen molar-refractivity contribution >= 4 is 11.6 Å². The van der Waals surface area contributed by atoms with Crippen molar-refractivity contribution in [3.8, 4) is 11.4 Å². The average molecular weight is 279 g/mol. The molecular formula is C14H19ClN4. The quantitative estimate of drug-likeness (QED) is 0.804. The van der Waals surface area contributed by atoms with E-state index in [1.165, 1.54) is 0 Å². The molecule has 0 fully saturated rings. The summed E-state index contributed by atoms with van der Waals surface area (Å²) >= 11 is 6.12. The Morgan fingerprint density at radius 3 is 2.63 bits per heavy atom. The van der Waals surface area contributed by atoms with Crippen molar-refractivity contribution in [3.05, 3.63) is 29.3 Å². The molecule has 0 aliphatic carbocycles. The van der Waals surface area contributed by atoms with Crippen LogP contribution in [0.5, 0.6) is 0 Å². The van der Waals surface area contributed by atoms with Gasteiger partial charge in [-0.1, -0.05) is 39.3 Å². The molecule has 0 unspecified atom stereocenters. The second kappa shape index (κ2) is 5.29. The Hall–Kier alpha value is -1.42. The predicted molar refractivity (Wildman–Crippen MR) is 77.3 cm³/mol. The largest absolute Gasteiger partial charge is 0.263 e. The van der Waals surface area contributed by atoms with Crippen molar-refractivity contribution in [2.75, 3.05) is 0 Å². The zero-order valence-corrected chi connectivity index (χ0v) is 12.6. The van der Waals surface area contributed by atoms with E-state index in [9.17, 15) is 0 Å². The van der Waals surface area contributed by atoms with Gasteiger partial charge in [0.25, 0.3) is 0 Å². The molecule has 102 valence electrons. The summed E-state index contributed by atoms with van der Waals surface area (Å²) in [6.07, 6.45) is 2.82. The molecule has 0 aromatic carbocycles. The second-order valence-corrected chi connectivity index (χ2v) is 5.98. The summed E-state index contributed by atoms with van der Waals surface area (Å²) < 4.78 is 1.95. The topological polar surface area (TPSA) is 43.6 Å². The highest BCUT2D eigenvalue weighted by Crippen LogP contribution is 2.25. The molecule has 2 heterocycles. The number of aromatic nitrogens is 4. The van der Waals surface area contributed by atoms with Crippen molar-refractivity contribution < 1.29 is 0 Å². The van der Waals surface area contributed by atoms with Gasteiger partial charge in [0, 0.05) is 24.2 Å². The van der Waals surface area contributed by atoms with E-state index >= 15 is 0 Å². The highest BCUT2D eigenvalue weighted by molar-refractivity contribution is 6.29. The smallest absolute Gasteiger partial charge is 0.136 e. The Morgan fingerprint density at radius 2 is 2.00 bits per heavy atom. The van der Waals surface area contributed by atoms with Gasteiger partial charge in [0.1, 0.15) is 11.0 Å². The fourth-order valence-corrected chi connectivity index (χ4v) is 2.01. The summed E-state index contributed by atoms with van der Waals surface area (Å²) in [5, 5.41) is 4.79. The average Bonchev–Trinajstić information content (AvgIpc) is 2.76. The van der Waals surface area contributed by atoms with Crippen LogP contribution in [0.2, 0.25) is 5.15 Å². The van der Waals surface area contributed by atoms with Crippen LogP contribution < -0.4 is 0 Å². The minimum atomic E-state index is -0.130. The van der Waals surface area contributed by atoms with E-state index in [0.717, 1.165) is 30.2 Å². The van der Waals surface area contributed by atoms with Crippen molar-refractivity contribution in [2.24, 2.45) is 0 Å². The molecule has 2 aromatic rings. The number of aryl methyl sites for hydroxylation is 1. The van der Waals surface area contributed by atoms with Gasteiger partial charge in [0.2, 0.25) is 0 Å². The number of rotatable bonds is 3. The Morgan fingerprint density at radius 1 is 1.26 bits per heavy atom. The maximum atomic E-state index is 6.12. The van der Waals surface area contributed by atoms with Crippen LogP contribution in [0, 0.1) is 0 Å². The van der Waals surface area contributed by atoms with E-state index < -0.39 is 0 Å². The highest BCUT2D eigenvalue weighted by atomic mass is 35.5. The summed E-state index contributed by atoms with van der Waals surface area (Å²) in [5.41, 5.74) is 1.68. The van der Waals surface area contributed by atoms with Crippen LogP contribution in [0.1, 0.15) is 39.9 Å². The number of halogens is 1. The molecule has 0 saturated heterocycles. The van der Waals surface area contributed by atoms with Gasteiger partial charge in [-0.25, -0.2) is 9.97 Å². The van der Waals surface area contributed by atoms with Gasteiger partial charge in [-0.2, -0.15) is 5.10 Å². The first kappa shape index (κ1) is 14.0. The molecule has 0 saturated carbocycles. The third-order valence-electron chi connectivity index (χ3n) is 2.78. The number of nitrogens with zero attached hydrogens (tertiary/aromatic N) is 4. The molecule has 19 heavy (non-hydrogen) atoms. The maximum Gasteiger partial charge on any atom is 0.136 e. The zero-order valence-electron chi connectivity index (χ0n) is 11.8. The van der Waals surface area contributed by atoms with Crippen LogP contribution in [0.4, 0.5) is 0 Å². The first-order chi connectivity index (χ1) is 8.91. The summed E-state index contributed by atoms with van der Waals surface area (Å²) in [6, 6.07) is 3.75. The van der Waals surface area contributed by atoms with Crippen molar-refractivity contribution in [1.82, 2.24) is 19.7 Å². The molecule has 0 amide bonds. The molecule has 0 radical (unpaired) electrons. The van der Waals surface area contributed by atoms with Gasteiger partial charge in [0.15, 0.2) is 0 Å². The predicted octanol–water partition coefficient (Wildman–Crippen LogP) is 3.70. The monoisotopic (exact) mass is 278 g/mol. The summed E-state index contributed by atoms with van der Waals surface area (Å²) in [7, 11) is 0. The molecule has 0 aliphatic rings. The summed E-state index contributed by atoms with van der Waals surface area (Å²) in [4.78, 5) is 8.95. The number of hydrogen-bond donors (Lipinski definition) is 0. The van der Waals surface area contributed by atoms with Crippen molar-refractivity contribution in [2.45, 2.75) is 46.1 Å². The first-order valence-corrected chi connectivity index (χ1v) is 6.87. The highest BCUT2D eigenvalue weighted by Gasteiger charge is 2.20. The fraction of sp³-hybridized carbons (Fsp3) is 0.500. The van der Waals surface area contributed by atoms with E-state index in [1.54, 1.807) is 12.3 Å². The van der Waals surface area contributed by atoms with Gasteiger partial charge < -0.3 is 0 Å². The molecular weight excluding hydrogens is 260 g/mol. The lowest BCUT2D eigenvalue weighted by Crippen LogP contribution is -2.17. The minimum absolute atomic E-state index is 0.130. The molecule has 0 bridgehead atoms. The Labute approximate surface area is 118 Å². The molecule has 0 aliphatic heterocycles. The Kier molecular flexibility index (Phi) is 3.90. The molecule has 5 heteroatoms. The standard InChI is InChI=1S/C14H19ClN4/c1-5-8-19-11(6-7-16-19)10-9-12(15)18-13(17-10)14(2,3)4/h6-7,9H,5,8H2,1-4H3. The Balaban J connectivity index is 2.50. The third-order valence-corrected chi connectivity index (χ3v) is 2.97. The molecule has 0 atom stereocenters. The molecule has 4 nitrogen and oxygen atoms in total. The van der Waals surface area contributed by atoms with Crippen LogP contribution >= 0.6 is 11.6 Å². The normalized spacial score (nSPS) is 11.8. The van der Waals surface area contributed by atoms with E-state index in [2.05, 4.69) is 42.8 Å². The van der Waals surface area contributed by atoms with E-state index in [1.807, 2.05) is 10.7 Å². The molecule has 2 rings (SSSR count). The van der Waals surface area contributed by atoms with Crippen LogP contribution in [-0.2, 0) is 12.0 Å². The van der Waals surface area contributed by atoms with Crippen molar-refractivity contribution in [1.29, 1.82) is 0 Å². The van der Waals surface area contributed by atoms with E-state index in [4.69, 9.17) is 11.6 Å². The van der Waals surface area contributed by atoms with Crippen LogP contribution in [0.3, 0.4) is 0 Å². The lowest BCUT2D eigenvalue weighted by atomic mass is 9.95. The van der Waals surface area contributed by atoms with Crippen LogP contribution in [0.25, 0.3) is 11.4 Å². The van der Waals surface area contributed by atoms with Crippen LogP contribution in [-0.4, -0.2) is 19.7 Å². The fourth-order valence-electron chi connectivity index (χ4n) is 1.82. The summed E-state index contributed by atoms with van der Waals surface area (Å²) in [6.45, 7) is 9.22. The lowest BCUT2D eigenvalue weighted by Gasteiger charge is -2.17. The maximum absolute atomic E-state index is 6.12. The third kappa shape index (κ3) is 3.13. The molecule has 0 spiro atoms. The SMILES string of the molecule is CCCn1nccc1-c1cc(Cl)nc(C(C)(C)C)n1. The second-order valence-electron chi connectivity index (χ2n) is 5.59. The zero-order chi connectivity index (χ0) is 14.0. The van der Waals surface area contributed by atoms with Gasteiger partial charge >= 0.3 is 0 Å². The summed E-state index contributed by atoms with van der Waals surface area (Å²) in [5.74, 6) is 0.749. The van der Waals surface area contributed by atoms with Gasteiger partial charge in [-0.15, -0.1) is 0 Å². The lowest BCUT2D eigenvalue weighted by molar-refractivity contribution is 0.544. The van der Waals surface area contributed by atoms with E-state index in [0.29, 0.717) is 5.15 Å². The molecule has 0 N–H and O–H groups in total. The number of hydrogen-bond acceptors (Lipinski definition) is 3. The Bertz CT molecular complexity index is 569. The van der Waals surface area contributed by atoms with E-state index in [-0.39, 0.29) is 5.41 Å². The van der Waals surface area contributed by atoms with Gasteiger partial charge in [-0.3, -0.25) is 4.68 Å². The minimum Gasteiger partial charge on any atom is -0.263 e. The molecule has 2 aromatic heterocycles. The first-order valence-electron chi connectivity index (χ1n) is 6.49. The van der Waals surface area contributed by atoms with Gasteiger partial charge in [-0.05, 0) is 12.5 Å². The van der Waals surface area contributed by atoms with Crippen LogP contribution in [0.15, 0.2) is 18.3 Å². The van der Waals surface area contributed by atoms with Gasteiger partial charge in [0.05, 0.1) is 11.4 Å². The van der Waals surface area contributed by atoms with Crippen molar-refractivity contribution in [3.63, 3.8) is 0 Å².